The lowest BCUT2D eigenvalue weighted by molar-refractivity contribution is 0.452. The number of hydrogen-bond acceptors (Lipinski definition) is 5. The third-order valence-corrected chi connectivity index (χ3v) is 2.53. The zero-order valence-corrected chi connectivity index (χ0v) is 8.31. The van der Waals surface area contributed by atoms with E-state index in [-0.39, 0.29) is 16.5 Å². The van der Waals surface area contributed by atoms with Gasteiger partial charge in [0.05, 0.1) is 11.8 Å². The third kappa shape index (κ3) is 1.88. The molecule has 2 aromatic rings. The van der Waals surface area contributed by atoms with Crippen LogP contribution in [0.5, 0.6) is 0 Å². The first-order chi connectivity index (χ1) is 7.09. The van der Waals surface area contributed by atoms with Crippen LogP contribution in [0.15, 0.2) is 40.3 Å². The predicted molar refractivity (Wildman–Crippen MR) is 51.1 cm³/mol. The fraction of sp³-hybridized carbons (Fsp3) is 0. The number of rotatable bonds is 2. The van der Waals surface area contributed by atoms with Crippen molar-refractivity contribution in [2.24, 2.45) is 5.14 Å². The molecule has 0 aromatic carbocycles. The van der Waals surface area contributed by atoms with Gasteiger partial charge in [0, 0.05) is 12.4 Å². The van der Waals surface area contributed by atoms with Crippen molar-refractivity contribution in [2.45, 2.75) is 5.09 Å². The molecule has 0 amide bonds. The van der Waals surface area contributed by atoms with Crippen LogP contribution in [-0.2, 0) is 10.0 Å². The van der Waals surface area contributed by atoms with E-state index >= 15 is 0 Å². The summed E-state index contributed by atoms with van der Waals surface area (Å²) in [6.45, 7) is 0. The summed E-state index contributed by atoms with van der Waals surface area (Å²) in [7, 11) is -3.88. The molecule has 78 valence electrons. The van der Waals surface area contributed by atoms with Gasteiger partial charge in [0.1, 0.15) is 0 Å². The van der Waals surface area contributed by atoms with Crippen LogP contribution in [0.25, 0.3) is 11.4 Å². The number of nitrogens with two attached hydrogens (primary N) is 1. The first-order valence-electron chi connectivity index (χ1n) is 3.97. The number of furan rings is 1. The third-order valence-electron chi connectivity index (χ3n) is 1.69. The quantitative estimate of drug-likeness (QED) is 0.796. The highest BCUT2D eigenvalue weighted by Crippen LogP contribution is 2.23. The summed E-state index contributed by atoms with van der Waals surface area (Å²) in [5.41, 5.74) is 0.262. The van der Waals surface area contributed by atoms with Crippen LogP contribution >= 0.6 is 0 Å². The van der Waals surface area contributed by atoms with Crippen LogP contribution in [0.4, 0.5) is 0 Å². The van der Waals surface area contributed by atoms with Gasteiger partial charge in [-0.3, -0.25) is 0 Å². The molecule has 2 aromatic heterocycles. The van der Waals surface area contributed by atoms with Gasteiger partial charge in [0.25, 0.3) is 10.0 Å². The van der Waals surface area contributed by atoms with Crippen LogP contribution in [0.1, 0.15) is 0 Å². The van der Waals surface area contributed by atoms with Crippen molar-refractivity contribution in [3.8, 4) is 11.4 Å². The molecule has 0 aliphatic heterocycles. The zero-order valence-electron chi connectivity index (χ0n) is 7.49. The Hall–Kier alpha value is -1.73. The molecular weight excluding hydrogens is 218 g/mol. The number of sulfonamides is 1. The lowest BCUT2D eigenvalue weighted by atomic mass is 10.3. The van der Waals surface area contributed by atoms with Gasteiger partial charge < -0.3 is 4.42 Å². The van der Waals surface area contributed by atoms with E-state index in [1.165, 1.54) is 24.7 Å². The Morgan fingerprint density at radius 2 is 1.93 bits per heavy atom. The predicted octanol–water partition coefficient (Wildman–Crippen LogP) is 0.384. The second-order valence-corrected chi connectivity index (χ2v) is 4.20. The van der Waals surface area contributed by atoms with E-state index in [4.69, 9.17) is 9.56 Å². The largest absolute Gasteiger partial charge is 0.451 e. The van der Waals surface area contributed by atoms with Gasteiger partial charge in [0.15, 0.2) is 5.82 Å². The monoisotopic (exact) mass is 225 g/mol. The Bertz CT molecular complexity index is 562. The van der Waals surface area contributed by atoms with Gasteiger partial charge in [0.2, 0.25) is 5.09 Å². The molecule has 0 atom stereocenters. The highest BCUT2D eigenvalue weighted by Gasteiger charge is 2.20. The molecule has 0 saturated heterocycles. The minimum Gasteiger partial charge on any atom is -0.451 e. The molecule has 6 nitrogen and oxygen atoms in total. The van der Waals surface area contributed by atoms with Gasteiger partial charge in [-0.05, 0) is 12.1 Å². The molecule has 0 aliphatic carbocycles. The van der Waals surface area contributed by atoms with Gasteiger partial charge in [-0.2, -0.15) is 0 Å². The fourth-order valence-corrected chi connectivity index (χ4v) is 1.78. The smallest absolute Gasteiger partial charge is 0.272 e. The fourth-order valence-electron chi connectivity index (χ4n) is 1.12. The van der Waals surface area contributed by atoms with Gasteiger partial charge >= 0.3 is 0 Å². The van der Waals surface area contributed by atoms with Crippen molar-refractivity contribution < 1.29 is 12.8 Å². The summed E-state index contributed by atoms with van der Waals surface area (Å²) in [5.74, 6) is 0.260. The standard InChI is InChI=1S/C8H7N3O3S/c9-15(12,13)8-6(2-5-14-8)7-10-3-1-4-11-7/h1-5H,(H2,9,12,13). The summed E-state index contributed by atoms with van der Waals surface area (Å²) in [4.78, 5) is 7.81. The van der Waals surface area contributed by atoms with E-state index < -0.39 is 10.0 Å². The van der Waals surface area contributed by atoms with E-state index in [0.29, 0.717) is 0 Å². The molecule has 0 aliphatic rings. The van der Waals surface area contributed by atoms with E-state index in [2.05, 4.69) is 9.97 Å². The van der Waals surface area contributed by atoms with Gasteiger partial charge in [-0.25, -0.2) is 23.5 Å². The summed E-state index contributed by atoms with van der Waals surface area (Å²) in [6.07, 6.45) is 4.23. The highest BCUT2D eigenvalue weighted by molar-refractivity contribution is 7.89. The minimum atomic E-state index is -3.88. The molecule has 7 heteroatoms. The Morgan fingerprint density at radius 1 is 1.27 bits per heavy atom. The Balaban J connectivity index is 2.61. The second-order valence-electron chi connectivity index (χ2n) is 2.74. The molecule has 0 saturated carbocycles. The van der Waals surface area contributed by atoms with Crippen molar-refractivity contribution in [1.82, 2.24) is 9.97 Å². The lowest BCUT2D eigenvalue weighted by Crippen LogP contribution is -2.12. The van der Waals surface area contributed by atoms with Crippen molar-refractivity contribution in [1.29, 1.82) is 0 Å². The SMILES string of the molecule is NS(=O)(=O)c1occc1-c1ncccn1. The van der Waals surface area contributed by atoms with E-state index in [9.17, 15) is 8.42 Å². The van der Waals surface area contributed by atoms with E-state index in [1.54, 1.807) is 6.07 Å². The Morgan fingerprint density at radius 3 is 2.53 bits per heavy atom. The van der Waals surface area contributed by atoms with Crippen LogP contribution in [0, 0.1) is 0 Å². The molecular formula is C8H7N3O3S. The maximum atomic E-state index is 11.1. The zero-order chi connectivity index (χ0) is 10.9. The maximum Gasteiger partial charge on any atom is 0.272 e. The van der Waals surface area contributed by atoms with Crippen molar-refractivity contribution in [3.05, 3.63) is 30.8 Å². The molecule has 0 bridgehead atoms. The van der Waals surface area contributed by atoms with Crippen molar-refractivity contribution in [3.63, 3.8) is 0 Å². The van der Waals surface area contributed by atoms with Crippen LogP contribution < -0.4 is 5.14 Å². The van der Waals surface area contributed by atoms with Crippen LogP contribution in [0.2, 0.25) is 0 Å². The summed E-state index contributed by atoms with van der Waals surface area (Å²) < 4.78 is 27.0. The normalized spacial score (nSPS) is 11.5. The summed E-state index contributed by atoms with van der Waals surface area (Å²) in [5, 5.41) is 4.64. The highest BCUT2D eigenvalue weighted by atomic mass is 32.2. The number of primary sulfonamides is 1. The molecule has 2 N–H and O–H groups in total. The first kappa shape index (κ1) is 9.81. The average molecular weight is 225 g/mol. The summed E-state index contributed by atoms with van der Waals surface area (Å²) >= 11 is 0. The number of aromatic nitrogens is 2. The Labute approximate surface area is 85.8 Å². The van der Waals surface area contributed by atoms with Gasteiger partial charge in [-0.1, -0.05) is 0 Å². The van der Waals surface area contributed by atoms with Gasteiger partial charge in [-0.15, -0.1) is 0 Å². The molecule has 15 heavy (non-hydrogen) atoms. The van der Waals surface area contributed by atoms with E-state index in [1.807, 2.05) is 0 Å². The second kappa shape index (κ2) is 3.44. The van der Waals surface area contributed by atoms with Crippen molar-refractivity contribution >= 4 is 10.0 Å². The number of hydrogen-bond donors (Lipinski definition) is 1. The molecule has 2 rings (SSSR count). The molecule has 0 radical (unpaired) electrons. The van der Waals surface area contributed by atoms with Crippen LogP contribution in [-0.4, -0.2) is 18.4 Å². The average Bonchev–Trinajstić information content (AvgIpc) is 2.67. The summed E-state index contributed by atoms with van der Waals surface area (Å²) in [6, 6.07) is 3.08. The number of nitrogens with zero attached hydrogens (tertiary/aromatic N) is 2. The first-order valence-corrected chi connectivity index (χ1v) is 5.51. The molecule has 0 unspecified atom stereocenters. The van der Waals surface area contributed by atoms with E-state index in [0.717, 1.165) is 0 Å². The topological polar surface area (TPSA) is 99.1 Å². The lowest BCUT2D eigenvalue weighted by Gasteiger charge is -1.97. The minimum absolute atomic E-state index is 0.260. The molecule has 0 spiro atoms. The van der Waals surface area contributed by atoms with Crippen molar-refractivity contribution in [2.75, 3.05) is 0 Å². The Kier molecular flexibility index (Phi) is 2.25. The maximum absolute atomic E-state index is 11.1. The van der Waals surface area contributed by atoms with Crippen LogP contribution in [0.3, 0.4) is 0 Å². The molecule has 2 heterocycles. The molecule has 0 fully saturated rings.